The summed E-state index contributed by atoms with van der Waals surface area (Å²) in [6.45, 7) is 0. The number of hydrogen-bond donors (Lipinski definition) is 5. The van der Waals surface area contributed by atoms with Gasteiger partial charge in [-0.25, -0.2) is 0 Å². The zero-order valence-corrected chi connectivity index (χ0v) is 12.1. The third-order valence-electron chi connectivity index (χ3n) is 1.99. The molecule has 0 heterocycles. The molecule has 0 saturated carbocycles. The number of Topliss-reactive ketones (excluding diaryl/α,β-unsaturated/α-hetero) is 2. The van der Waals surface area contributed by atoms with E-state index in [0.29, 0.717) is 0 Å². The Kier molecular flexibility index (Phi) is 6.17. The van der Waals surface area contributed by atoms with Gasteiger partial charge in [-0.15, -0.1) is 0 Å². The van der Waals surface area contributed by atoms with Crippen molar-refractivity contribution < 1.29 is 75.6 Å². The molecule has 0 aliphatic heterocycles. The van der Waals surface area contributed by atoms with E-state index in [4.69, 9.17) is 19.2 Å². The molecule has 5 N–H and O–H groups in total. The van der Waals surface area contributed by atoms with Crippen LogP contribution in [0.3, 0.4) is 0 Å². The van der Waals surface area contributed by atoms with Crippen LogP contribution in [0.5, 0.6) is 0 Å². The number of rotatable bonds is 4. The van der Waals surface area contributed by atoms with Crippen LogP contribution in [0.25, 0.3) is 0 Å². The van der Waals surface area contributed by atoms with Crippen LogP contribution in [0.2, 0.25) is 0 Å². The number of hydrogen-bond acceptors (Lipinski definition) is 10. The van der Waals surface area contributed by atoms with Gasteiger partial charge in [0.1, 0.15) is 0 Å². The van der Waals surface area contributed by atoms with E-state index in [2.05, 4.69) is 4.65 Å². The normalized spacial score (nSPS) is 16.5. The molecular formula is C6H6BLiO12S2. The largest absolute Gasteiger partial charge is 1.00 e. The van der Waals surface area contributed by atoms with Crippen molar-refractivity contribution in [3.05, 3.63) is 21.3 Å². The molecular weight excluding hydrogens is 346 g/mol. The van der Waals surface area contributed by atoms with Gasteiger partial charge >= 0.3 is 46.4 Å². The molecule has 1 aliphatic carbocycles. The smallest absolute Gasteiger partial charge is 1.00 e. The van der Waals surface area contributed by atoms with Crippen molar-refractivity contribution in [2.75, 3.05) is 0 Å². The summed E-state index contributed by atoms with van der Waals surface area (Å²) in [5.41, 5.74) is 0. The molecule has 12 nitrogen and oxygen atoms in total. The number of aliphatic hydroxyl groups excluding tert-OH is 1. The number of ketones is 2. The van der Waals surface area contributed by atoms with E-state index in [1.807, 2.05) is 0 Å². The summed E-state index contributed by atoms with van der Waals surface area (Å²) in [7, 11) is -13.9. The predicted octanol–water partition coefficient (Wildman–Crippen LogP) is -6.00. The first-order chi connectivity index (χ1) is 9.28. The van der Waals surface area contributed by atoms with Crippen LogP contribution in [0.4, 0.5) is 0 Å². The Hall–Kier alpha value is -1.18. The summed E-state index contributed by atoms with van der Waals surface area (Å²) in [6.07, 6.45) is 0. The fourth-order valence-electron chi connectivity index (χ4n) is 1.32. The Balaban J connectivity index is 0. The minimum Gasteiger partial charge on any atom is -1.00 e. The molecule has 16 heteroatoms. The van der Waals surface area contributed by atoms with E-state index in [9.17, 15) is 31.5 Å². The molecule has 0 saturated heterocycles. The van der Waals surface area contributed by atoms with Crippen LogP contribution in [0.1, 0.15) is 1.43 Å². The Morgan fingerprint density at radius 2 is 1.32 bits per heavy atom. The minimum atomic E-state index is -5.54. The summed E-state index contributed by atoms with van der Waals surface area (Å²) >= 11 is 0. The SMILES string of the molecule is O=C1C(=O)C(S(=O)(=O)O)=C(O)C(S(=O)(=O)O)=C1OB(O)O.[H-].[Li+]. The van der Waals surface area contributed by atoms with Crippen molar-refractivity contribution in [3.8, 4) is 0 Å². The van der Waals surface area contributed by atoms with E-state index in [1.54, 1.807) is 0 Å². The minimum absolute atomic E-state index is 0. The van der Waals surface area contributed by atoms with Gasteiger partial charge in [-0.3, -0.25) is 18.7 Å². The van der Waals surface area contributed by atoms with Crippen molar-refractivity contribution >= 4 is 39.1 Å². The zero-order chi connectivity index (χ0) is 16.7. The van der Waals surface area contributed by atoms with Crippen LogP contribution in [-0.2, 0) is 34.5 Å². The first kappa shape index (κ1) is 20.8. The molecule has 0 spiro atoms. The molecule has 1 rings (SSSR count). The second-order valence-electron chi connectivity index (χ2n) is 3.39. The first-order valence-electron chi connectivity index (χ1n) is 4.53. The van der Waals surface area contributed by atoms with Crippen molar-refractivity contribution in [2.24, 2.45) is 0 Å². The van der Waals surface area contributed by atoms with E-state index in [1.165, 1.54) is 0 Å². The van der Waals surface area contributed by atoms with Crippen molar-refractivity contribution in [3.63, 3.8) is 0 Å². The van der Waals surface area contributed by atoms with Gasteiger partial charge in [0.25, 0.3) is 11.6 Å². The molecule has 0 fully saturated rings. The Labute approximate surface area is 136 Å². The van der Waals surface area contributed by atoms with E-state index >= 15 is 0 Å². The van der Waals surface area contributed by atoms with Crippen LogP contribution >= 0.6 is 0 Å². The maximum atomic E-state index is 11.5. The van der Waals surface area contributed by atoms with Crippen LogP contribution in [0.15, 0.2) is 21.3 Å². The number of aliphatic hydroxyl groups is 1. The third-order valence-corrected chi connectivity index (χ3v) is 3.78. The van der Waals surface area contributed by atoms with Crippen molar-refractivity contribution in [2.45, 2.75) is 0 Å². The first-order valence-corrected chi connectivity index (χ1v) is 7.41. The molecule has 1 aliphatic rings. The van der Waals surface area contributed by atoms with Crippen LogP contribution < -0.4 is 18.9 Å². The molecule has 0 amide bonds. The molecule has 0 bridgehead atoms. The fourth-order valence-corrected chi connectivity index (χ4v) is 2.78. The topological polar surface area (TPSA) is 213 Å². The van der Waals surface area contributed by atoms with Gasteiger partial charge in [0, 0.05) is 0 Å². The van der Waals surface area contributed by atoms with Gasteiger partial charge in [0.2, 0.25) is 0 Å². The van der Waals surface area contributed by atoms with E-state index < -0.39 is 60.5 Å². The van der Waals surface area contributed by atoms with Gasteiger partial charge in [0.15, 0.2) is 21.3 Å². The molecule has 0 unspecified atom stereocenters. The molecule has 22 heavy (non-hydrogen) atoms. The Morgan fingerprint density at radius 1 is 0.909 bits per heavy atom. The van der Waals surface area contributed by atoms with Gasteiger partial charge in [-0.1, -0.05) is 0 Å². The molecule has 0 atom stereocenters. The van der Waals surface area contributed by atoms with Crippen molar-refractivity contribution in [1.29, 1.82) is 0 Å². The Morgan fingerprint density at radius 3 is 1.64 bits per heavy atom. The standard InChI is InChI=1S/C6H5BO12S2.Li.H/c8-1-2(9)5(20(13,14)15)3(10)6(21(16,17)18)4(1)19-7(11)12;;/h10-12H,(H,13,14,15)(H,16,17,18);;/q;+1;-1. The molecule has 0 aromatic rings. The quantitative estimate of drug-likeness (QED) is 0.138. The maximum Gasteiger partial charge on any atom is 1.00 e. The summed E-state index contributed by atoms with van der Waals surface area (Å²) < 4.78 is 65.2. The number of allylic oxidation sites excluding steroid dienone is 2. The van der Waals surface area contributed by atoms with E-state index in [0.717, 1.165) is 0 Å². The van der Waals surface area contributed by atoms with E-state index in [-0.39, 0.29) is 20.3 Å². The van der Waals surface area contributed by atoms with Gasteiger partial charge in [-0.2, -0.15) is 16.8 Å². The molecule has 0 radical (unpaired) electrons. The number of carbonyl (C=O) groups is 2. The summed E-state index contributed by atoms with van der Waals surface area (Å²) in [4.78, 5) is 18.9. The number of carbonyl (C=O) groups excluding carboxylic acids is 2. The summed E-state index contributed by atoms with van der Waals surface area (Å²) in [6, 6.07) is 0. The molecule has 118 valence electrons. The fraction of sp³-hybridized carbons (Fsp3) is 0. The monoisotopic (exact) mass is 352 g/mol. The van der Waals surface area contributed by atoms with Crippen LogP contribution in [-0.4, -0.2) is 60.0 Å². The predicted molar refractivity (Wildman–Crippen MR) is 62.2 cm³/mol. The van der Waals surface area contributed by atoms with Gasteiger partial charge in [-0.05, 0) is 0 Å². The maximum absolute atomic E-state index is 11.5. The molecule has 0 aromatic carbocycles. The summed E-state index contributed by atoms with van der Waals surface area (Å²) in [5, 5.41) is 26.4. The van der Waals surface area contributed by atoms with Gasteiger partial charge in [0.05, 0.1) is 0 Å². The van der Waals surface area contributed by atoms with Crippen LogP contribution in [0, 0.1) is 0 Å². The summed E-state index contributed by atoms with van der Waals surface area (Å²) in [5.74, 6) is -7.93. The molecule has 0 aromatic heterocycles. The average molecular weight is 352 g/mol. The third kappa shape index (κ3) is 3.97. The van der Waals surface area contributed by atoms with Crippen molar-refractivity contribution in [1.82, 2.24) is 0 Å². The Bertz CT molecular complexity index is 793. The second kappa shape index (κ2) is 6.52. The van der Waals surface area contributed by atoms with Gasteiger partial charge < -0.3 is 21.2 Å². The average Bonchev–Trinajstić information content (AvgIpc) is 2.20. The second-order valence-corrected chi connectivity index (χ2v) is 6.11. The zero-order valence-electron chi connectivity index (χ0n) is 11.5.